The molecule has 0 saturated carbocycles. The summed E-state index contributed by atoms with van der Waals surface area (Å²) < 4.78 is 6.47. The minimum Gasteiger partial charge on any atom is -0.496 e. The zero-order valence-electron chi connectivity index (χ0n) is 39.8. The van der Waals surface area contributed by atoms with Gasteiger partial charge in [-0.1, -0.05) is 183 Å². The van der Waals surface area contributed by atoms with Crippen molar-refractivity contribution >= 4 is 20.2 Å². The van der Waals surface area contributed by atoms with Gasteiger partial charge in [-0.3, -0.25) is 0 Å². The number of allylic oxidation sites excluding steroid dienone is 2. The second kappa shape index (κ2) is 14.6. The first-order valence-electron chi connectivity index (χ1n) is 22.7. The smallest absolute Gasteiger partial charge is 0.131 e. The van der Waals surface area contributed by atoms with Gasteiger partial charge in [-0.15, -0.1) is 0 Å². The van der Waals surface area contributed by atoms with E-state index in [1.54, 1.807) is 16.7 Å². The molecule has 0 fully saturated rings. The van der Waals surface area contributed by atoms with Gasteiger partial charge >= 0.3 is 0 Å². The Labute approximate surface area is 364 Å². The summed E-state index contributed by atoms with van der Waals surface area (Å²) in [6.07, 6.45) is 8.67. The average Bonchev–Trinajstić information content (AvgIpc) is 3.86. The molecule has 0 N–H and O–H groups in total. The van der Waals surface area contributed by atoms with Crippen molar-refractivity contribution in [3.63, 3.8) is 0 Å². The molecule has 3 aliphatic rings. The van der Waals surface area contributed by atoms with Crippen molar-refractivity contribution < 1.29 is 4.74 Å². The van der Waals surface area contributed by atoms with E-state index >= 15 is 0 Å². The van der Waals surface area contributed by atoms with Crippen molar-refractivity contribution in [1.29, 1.82) is 0 Å². The van der Waals surface area contributed by atoms with Crippen LogP contribution in [-0.4, -0.2) is 15.2 Å². The Kier molecular flexibility index (Phi) is 10.3. The Morgan fingerprint density at radius 3 is 1.52 bits per heavy atom. The fourth-order valence-electron chi connectivity index (χ4n) is 11.8. The van der Waals surface area contributed by atoms with Gasteiger partial charge in [0.2, 0.25) is 0 Å². The van der Waals surface area contributed by atoms with Crippen LogP contribution in [0, 0.1) is 13.8 Å². The Morgan fingerprint density at radius 1 is 0.533 bits per heavy atom. The normalized spacial score (nSPS) is 17.7. The molecule has 3 aliphatic carbocycles. The van der Waals surface area contributed by atoms with E-state index in [0.29, 0.717) is 11.1 Å². The maximum absolute atomic E-state index is 6.47. The molecule has 8 rings (SSSR count). The molecule has 2 unspecified atom stereocenters. The quantitative estimate of drug-likeness (QED) is 0.155. The SMILES string of the molecule is COc1c(C(C)(C)C)cc2c(c1-c1cc(C)cc(C)c1)C=C(C)C2[Si](C)(C)C1C(C)=Cc2c(-c3ccc(C(C)(C)C)cc3)c3c(c(-c4ccc(C(C)(C)C)cc4)c21)CCC3. The average molecular weight is 811 g/mol. The van der Waals surface area contributed by atoms with Crippen molar-refractivity contribution in [2.45, 2.75) is 150 Å². The summed E-state index contributed by atoms with van der Waals surface area (Å²) in [5.74, 6) is 1.02. The second-order valence-electron chi connectivity index (χ2n) is 22.5. The monoisotopic (exact) mass is 811 g/mol. The summed E-state index contributed by atoms with van der Waals surface area (Å²) >= 11 is 0. The van der Waals surface area contributed by atoms with Gasteiger partial charge in [0.05, 0.1) is 15.2 Å². The standard InChI is InChI=1S/C58H70OSi/c1-34-28-35(2)30-40(29-34)51-45-31-36(3)54(46(45)33-48(53(51)59-14)58(11,12)13)60(15,16)55-37(4)32-47-49(38-20-24-41(25-21-38)56(5,6)7)43-18-17-19-44(43)50(52(47)55)39-22-26-42(27-23-39)57(8,9)10/h20-33,54-55H,17-19H2,1-16H3. The van der Waals surface area contributed by atoms with Gasteiger partial charge in [-0.05, 0) is 136 Å². The van der Waals surface area contributed by atoms with Gasteiger partial charge in [-0.25, -0.2) is 0 Å². The number of fused-ring (bicyclic) bond motifs is 3. The van der Waals surface area contributed by atoms with Gasteiger partial charge in [0.1, 0.15) is 5.75 Å². The van der Waals surface area contributed by atoms with Crippen LogP contribution in [0.3, 0.4) is 0 Å². The van der Waals surface area contributed by atoms with Gasteiger partial charge < -0.3 is 4.74 Å². The first kappa shape index (κ1) is 42.3. The number of benzene rings is 5. The summed E-state index contributed by atoms with van der Waals surface area (Å²) in [6.45, 7) is 35.8. The van der Waals surface area contributed by atoms with E-state index in [9.17, 15) is 0 Å². The number of methoxy groups -OCH3 is 1. The van der Waals surface area contributed by atoms with Crippen LogP contribution in [0.4, 0.5) is 0 Å². The summed E-state index contributed by atoms with van der Waals surface area (Å²) in [7, 11) is -0.422. The first-order chi connectivity index (χ1) is 28.0. The van der Waals surface area contributed by atoms with Gasteiger partial charge in [-0.2, -0.15) is 0 Å². The fraction of sp³-hybridized carbons (Fsp3) is 0.414. The highest BCUT2D eigenvalue weighted by Crippen LogP contribution is 2.60. The minimum atomic E-state index is -2.29. The lowest BCUT2D eigenvalue weighted by molar-refractivity contribution is 0.399. The van der Waals surface area contributed by atoms with Crippen molar-refractivity contribution in [3.8, 4) is 39.1 Å². The predicted octanol–water partition coefficient (Wildman–Crippen LogP) is 16.2. The van der Waals surface area contributed by atoms with Crippen LogP contribution in [0.1, 0.15) is 155 Å². The molecule has 0 aliphatic heterocycles. The predicted molar refractivity (Wildman–Crippen MR) is 264 cm³/mol. The van der Waals surface area contributed by atoms with Crippen LogP contribution in [-0.2, 0) is 29.1 Å². The number of hydrogen-bond donors (Lipinski definition) is 0. The second-order valence-corrected chi connectivity index (χ2v) is 27.3. The summed E-state index contributed by atoms with van der Waals surface area (Å²) in [6, 6.07) is 29.0. The summed E-state index contributed by atoms with van der Waals surface area (Å²) in [4.78, 5) is 0. The topological polar surface area (TPSA) is 9.23 Å². The van der Waals surface area contributed by atoms with Crippen LogP contribution in [0.15, 0.2) is 83.9 Å². The number of aryl methyl sites for hydroxylation is 2. The molecular weight excluding hydrogens is 741 g/mol. The van der Waals surface area contributed by atoms with Crippen molar-refractivity contribution in [2.75, 3.05) is 7.11 Å². The van der Waals surface area contributed by atoms with Crippen molar-refractivity contribution in [2.24, 2.45) is 0 Å². The van der Waals surface area contributed by atoms with Crippen molar-refractivity contribution in [3.05, 3.63) is 145 Å². The molecule has 0 bridgehead atoms. The summed E-state index contributed by atoms with van der Waals surface area (Å²) in [5.41, 5.74) is 27.9. The van der Waals surface area contributed by atoms with E-state index in [2.05, 4.69) is 188 Å². The van der Waals surface area contributed by atoms with Gasteiger partial charge in [0, 0.05) is 22.2 Å². The maximum atomic E-state index is 6.47. The van der Waals surface area contributed by atoms with E-state index in [0.717, 1.165) is 18.6 Å². The van der Waals surface area contributed by atoms with E-state index in [4.69, 9.17) is 4.74 Å². The van der Waals surface area contributed by atoms with Gasteiger partial charge in [0.15, 0.2) is 0 Å². The molecule has 312 valence electrons. The fourth-order valence-corrected chi connectivity index (χ4v) is 16.7. The number of rotatable bonds is 6. The first-order valence-corrected chi connectivity index (χ1v) is 25.8. The third kappa shape index (κ3) is 6.99. The lowest BCUT2D eigenvalue weighted by atomic mass is 9.81. The molecule has 0 radical (unpaired) electrons. The molecule has 5 aromatic rings. The number of hydrogen-bond acceptors (Lipinski definition) is 1. The third-order valence-electron chi connectivity index (χ3n) is 14.3. The van der Waals surface area contributed by atoms with Crippen LogP contribution in [0.25, 0.3) is 45.5 Å². The van der Waals surface area contributed by atoms with Crippen LogP contribution in [0.5, 0.6) is 5.75 Å². The minimum absolute atomic E-state index is 0.0963. The van der Waals surface area contributed by atoms with E-state index in [1.165, 1.54) is 95.5 Å². The molecule has 60 heavy (non-hydrogen) atoms. The van der Waals surface area contributed by atoms with E-state index < -0.39 is 8.07 Å². The molecule has 0 spiro atoms. The molecule has 1 nitrogen and oxygen atoms in total. The maximum Gasteiger partial charge on any atom is 0.131 e. The number of ether oxygens (including phenoxy) is 1. The zero-order chi connectivity index (χ0) is 43.4. The Morgan fingerprint density at radius 2 is 1.02 bits per heavy atom. The largest absolute Gasteiger partial charge is 0.496 e. The molecule has 2 atom stereocenters. The van der Waals surface area contributed by atoms with Crippen LogP contribution >= 0.6 is 0 Å². The molecule has 0 saturated heterocycles. The lowest BCUT2D eigenvalue weighted by Crippen LogP contribution is -2.42. The molecule has 5 aromatic carbocycles. The Bertz CT molecular complexity index is 2570. The Balaban J connectivity index is 1.40. The van der Waals surface area contributed by atoms with Crippen LogP contribution < -0.4 is 4.74 Å². The molecule has 0 amide bonds. The molecule has 0 heterocycles. The van der Waals surface area contributed by atoms with Crippen LogP contribution in [0.2, 0.25) is 13.1 Å². The zero-order valence-corrected chi connectivity index (χ0v) is 40.8. The van der Waals surface area contributed by atoms with Crippen molar-refractivity contribution in [1.82, 2.24) is 0 Å². The Hall–Kier alpha value is -4.40. The van der Waals surface area contributed by atoms with Gasteiger partial charge in [0.25, 0.3) is 0 Å². The lowest BCUT2D eigenvalue weighted by Gasteiger charge is -2.41. The highest BCUT2D eigenvalue weighted by molar-refractivity contribution is 6.82. The highest BCUT2D eigenvalue weighted by atomic mass is 28.3. The van der Waals surface area contributed by atoms with E-state index in [-0.39, 0.29) is 16.2 Å². The molecular formula is C58H70OSi. The third-order valence-corrected chi connectivity index (χ3v) is 18.8. The summed E-state index contributed by atoms with van der Waals surface area (Å²) in [5, 5.41) is 0. The highest BCUT2D eigenvalue weighted by Gasteiger charge is 2.50. The van der Waals surface area contributed by atoms with E-state index in [1.807, 2.05) is 7.11 Å². The molecule has 0 aromatic heterocycles. The molecule has 2 heteroatoms.